The first-order valence-corrected chi connectivity index (χ1v) is 6.13. The van der Waals surface area contributed by atoms with Gasteiger partial charge in [-0.3, -0.25) is 0 Å². The summed E-state index contributed by atoms with van der Waals surface area (Å²) in [4.78, 5) is 2.24. The van der Waals surface area contributed by atoms with E-state index in [0.29, 0.717) is 5.92 Å². The van der Waals surface area contributed by atoms with Gasteiger partial charge >= 0.3 is 0 Å². The Labute approximate surface area is 103 Å². The standard InChI is InChI=1S/C14H19N3/c1-10-3-4-14(12(7-10)8-15)17-6-5-11(2)13(16)9-17/h3-4,7,11,13H,5-6,9,16H2,1-2H3. The van der Waals surface area contributed by atoms with Crippen molar-refractivity contribution in [1.82, 2.24) is 0 Å². The second-order valence-corrected chi connectivity index (χ2v) is 5.01. The van der Waals surface area contributed by atoms with E-state index < -0.39 is 0 Å². The summed E-state index contributed by atoms with van der Waals surface area (Å²) >= 11 is 0. The Morgan fingerprint density at radius 3 is 2.88 bits per heavy atom. The third-order valence-electron chi connectivity index (χ3n) is 3.63. The zero-order chi connectivity index (χ0) is 12.4. The molecule has 1 aromatic rings. The van der Waals surface area contributed by atoms with Crippen LogP contribution in [0.5, 0.6) is 0 Å². The van der Waals surface area contributed by atoms with Crippen LogP contribution in [0.4, 0.5) is 5.69 Å². The molecule has 0 aliphatic carbocycles. The molecule has 1 aliphatic heterocycles. The molecule has 17 heavy (non-hydrogen) atoms. The van der Waals surface area contributed by atoms with Gasteiger partial charge in [0.05, 0.1) is 11.3 Å². The van der Waals surface area contributed by atoms with Crippen LogP contribution in [0.3, 0.4) is 0 Å². The van der Waals surface area contributed by atoms with Crippen LogP contribution < -0.4 is 10.6 Å². The molecule has 2 rings (SSSR count). The number of anilines is 1. The van der Waals surface area contributed by atoms with Crippen LogP contribution >= 0.6 is 0 Å². The zero-order valence-electron chi connectivity index (χ0n) is 10.5. The number of nitrogens with zero attached hydrogens (tertiary/aromatic N) is 2. The number of nitrogens with two attached hydrogens (primary N) is 1. The number of piperidine rings is 1. The number of nitriles is 1. The Bertz CT molecular complexity index is 447. The van der Waals surface area contributed by atoms with Gasteiger partial charge in [-0.25, -0.2) is 0 Å². The van der Waals surface area contributed by atoms with Gasteiger partial charge in [0.15, 0.2) is 0 Å². The molecule has 2 atom stereocenters. The van der Waals surface area contributed by atoms with Gasteiger partial charge in [0, 0.05) is 19.1 Å². The number of hydrogen-bond acceptors (Lipinski definition) is 3. The van der Waals surface area contributed by atoms with Gasteiger partial charge in [-0.05, 0) is 37.0 Å². The van der Waals surface area contributed by atoms with Gasteiger partial charge in [0.2, 0.25) is 0 Å². The van der Waals surface area contributed by atoms with Gasteiger partial charge in [-0.15, -0.1) is 0 Å². The van der Waals surface area contributed by atoms with Crippen LogP contribution in [0, 0.1) is 24.2 Å². The molecule has 1 aromatic carbocycles. The Morgan fingerprint density at radius 1 is 1.47 bits per heavy atom. The van der Waals surface area contributed by atoms with E-state index >= 15 is 0 Å². The summed E-state index contributed by atoms with van der Waals surface area (Å²) in [5.41, 5.74) is 9.01. The highest BCUT2D eigenvalue weighted by Gasteiger charge is 2.24. The lowest BCUT2D eigenvalue weighted by atomic mass is 9.93. The van der Waals surface area contributed by atoms with Crippen LogP contribution in [0.25, 0.3) is 0 Å². The topological polar surface area (TPSA) is 53.0 Å². The van der Waals surface area contributed by atoms with Crippen molar-refractivity contribution < 1.29 is 0 Å². The molecule has 3 nitrogen and oxygen atoms in total. The second-order valence-electron chi connectivity index (χ2n) is 5.01. The van der Waals surface area contributed by atoms with Crippen molar-refractivity contribution >= 4 is 5.69 Å². The van der Waals surface area contributed by atoms with E-state index in [2.05, 4.69) is 24.0 Å². The monoisotopic (exact) mass is 229 g/mol. The van der Waals surface area contributed by atoms with E-state index in [-0.39, 0.29) is 6.04 Å². The Balaban J connectivity index is 2.26. The fourth-order valence-corrected chi connectivity index (χ4v) is 2.33. The molecule has 0 saturated carbocycles. The smallest absolute Gasteiger partial charge is 0.101 e. The first-order chi connectivity index (χ1) is 8.11. The molecule has 0 radical (unpaired) electrons. The number of benzene rings is 1. The SMILES string of the molecule is Cc1ccc(N2CCC(C)C(N)C2)c(C#N)c1. The van der Waals surface area contributed by atoms with Crippen molar-refractivity contribution in [2.75, 3.05) is 18.0 Å². The lowest BCUT2D eigenvalue weighted by Gasteiger charge is -2.37. The molecule has 2 N–H and O–H groups in total. The average Bonchev–Trinajstić information content (AvgIpc) is 2.32. The highest BCUT2D eigenvalue weighted by Crippen LogP contribution is 2.26. The molecule has 0 amide bonds. The van der Waals surface area contributed by atoms with Crippen molar-refractivity contribution in [2.24, 2.45) is 11.7 Å². The summed E-state index contributed by atoms with van der Waals surface area (Å²) in [6, 6.07) is 8.52. The fraction of sp³-hybridized carbons (Fsp3) is 0.500. The highest BCUT2D eigenvalue weighted by molar-refractivity contribution is 5.60. The molecule has 1 saturated heterocycles. The van der Waals surface area contributed by atoms with E-state index in [0.717, 1.165) is 36.3 Å². The summed E-state index contributed by atoms with van der Waals surface area (Å²) in [7, 11) is 0. The minimum atomic E-state index is 0.205. The summed E-state index contributed by atoms with van der Waals surface area (Å²) in [5.74, 6) is 0.572. The van der Waals surface area contributed by atoms with E-state index in [1.165, 1.54) is 0 Å². The number of hydrogen-bond donors (Lipinski definition) is 1. The normalized spacial score (nSPS) is 24.5. The molecule has 1 heterocycles. The largest absolute Gasteiger partial charge is 0.369 e. The summed E-state index contributed by atoms with van der Waals surface area (Å²) < 4.78 is 0. The minimum absolute atomic E-state index is 0.205. The molecular weight excluding hydrogens is 210 g/mol. The molecule has 2 unspecified atom stereocenters. The Morgan fingerprint density at radius 2 is 2.24 bits per heavy atom. The van der Waals surface area contributed by atoms with Gasteiger partial charge in [0.1, 0.15) is 6.07 Å². The van der Waals surface area contributed by atoms with Crippen molar-refractivity contribution in [3.63, 3.8) is 0 Å². The lowest BCUT2D eigenvalue weighted by Crippen LogP contribution is -2.47. The van der Waals surface area contributed by atoms with Crippen LogP contribution in [0.1, 0.15) is 24.5 Å². The molecule has 0 spiro atoms. The minimum Gasteiger partial charge on any atom is -0.369 e. The molecule has 3 heteroatoms. The van der Waals surface area contributed by atoms with E-state index in [9.17, 15) is 5.26 Å². The highest BCUT2D eigenvalue weighted by atomic mass is 15.2. The summed E-state index contributed by atoms with van der Waals surface area (Å²) in [6.07, 6.45) is 1.10. The quantitative estimate of drug-likeness (QED) is 0.801. The maximum atomic E-state index is 9.18. The summed E-state index contributed by atoms with van der Waals surface area (Å²) in [6.45, 7) is 6.04. The molecule has 90 valence electrons. The maximum absolute atomic E-state index is 9.18. The predicted octanol–water partition coefficient (Wildman–Crippen LogP) is 2.04. The van der Waals surface area contributed by atoms with Crippen LogP contribution in [0.2, 0.25) is 0 Å². The molecule has 1 fully saturated rings. The van der Waals surface area contributed by atoms with Crippen molar-refractivity contribution in [2.45, 2.75) is 26.3 Å². The van der Waals surface area contributed by atoms with Crippen LogP contribution in [-0.2, 0) is 0 Å². The Kier molecular flexibility index (Phi) is 3.35. The third-order valence-corrected chi connectivity index (χ3v) is 3.63. The fourth-order valence-electron chi connectivity index (χ4n) is 2.33. The van der Waals surface area contributed by atoms with E-state index in [1.807, 2.05) is 19.1 Å². The molecule has 0 bridgehead atoms. The van der Waals surface area contributed by atoms with Crippen molar-refractivity contribution in [3.8, 4) is 6.07 Å². The van der Waals surface area contributed by atoms with Gasteiger partial charge < -0.3 is 10.6 Å². The van der Waals surface area contributed by atoms with Crippen molar-refractivity contribution in [1.29, 1.82) is 5.26 Å². The van der Waals surface area contributed by atoms with Crippen LogP contribution in [0.15, 0.2) is 18.2 Å². The second kappa shape index (κ2) is 4.77. The maximum Gasteiger partial charge on any atom is 0.101 e. The average molecular weight is 229 g/mol. The number of aryl methyl sites for hydroxylation is 1. The zero-order valence-corrected chi connectivity index (χ0v) is 10.5. The van der Waals surface area contributed by atoms with E-state index in [1.54, 1.807) is 0 Å². The van der Waals surface area contributed by atoms with Crippen molar-refractivity contribution in [3.05, 3.63) is 29.3 Å². The molecular formula is C14H19N3. The van der Waals surface area contributed by atoms with Gasteiger partial charge in [-0.1, -0.05) is 13.0 Å². The van der Waals surface area contributed by atoms with Gasteiger partial charge in [0.25, 0.3) is 0 Å². The Hall–Kier alpha value is -1.53. The first kappa shape index (κ1) is 11.9. The van der Waals surface area contributed by atoms with Crippen LogP contribution in [-0.4, -0.2) is 19.1 Å². The lowest BCUT2D eigenvalue weighted by molar-refractivity contribution is 0.379. The first-order valence-electron chi connectivity index (χ1n) is 6.13. The predicted molar refractivity (Wildman–Crippen MR) is 69.9 cm³/mol. The van der Waals surface area contributed by atoms with E-state index in [4.69, 9.17) is 5.73 Å². The number of rotatable bonds is 1. The third kappa shape index (κ3) is 2.42. The molecule has 0 aromatic heterocycles. The summed E-state index contributed by atoms with van der Waals surface area (Å²) in [5, 5.41) is 9.18. The molecule has 1 aliphatic rings. The van der Waals surface area contributed by atoms with Gasteiger partial charge in [-0.2, -0.15) is 5.26 Å².